The maximum atomic E-state index is 13.3. The van der Waals surface area contributed by atoms with Crippen molar-refractivity contribution in [1.29, 1.82) is 0 Å². The molecular weight excluding hydrogens is 478 g/mol. The number of likely N-dealkylation sites (N-methyl/N-ethyl adjacent to an activating group) is 1. The van der Waals surface area contributed by atoms with Crippen molar-refractivity contribution >= 4 is 11.9 Å². The first-order chi connectivity index (χ1) is 18.0. The van der Waals surface area contributed by atoms with Crippen molar-refractivity contribution in [2.75, 3.05) is 34.6 Å². The highest BCUT2D eigenvalue weighted by atomic mass is 16.7. The average Bonchev–Trinajstić information content (AvgIpc) is 3.52. The minimum absolute atomic E-state index is 0.0395. The van der Waals surface area contributed by atoms with Crippen molar-refractivity contribution in [1.82, 2.24) is 4.90 Å². The van der Waals surface area contributed by atoms with Crippen LogP contribution in [0.15, 0.2) is 48.5 Å². The smallest absolute Gasteiger partial charge is 0.343 e. The zero-order chi connectivity index (χ0) is 25.7. The maximum Gasteiger partial charge on any atom is 0.343 e. The Morgan fingerprint density at radius 3 is 2.59 bits per heavy atom. The van der Waals surface area contributed by atoms with Crippen LogP contribution in [0.25, 0.3) is 0 Å². The minimum Gasteiger partial charge on any atom is -0.493 e. The van der Waals surface area contributed by atoms with E-state index in [0.717, 1.165) is 24.1 Å². The molecule has 3 aliphatic rings. The molecule has 0 amide bonds. The van der Waals surface area contributed by atoms with Crippen LogP contribution in [0.5, 0.6) is 28.7 Å². The first-order valence-electron chi connectivity index (χ1n) is 11.9. The van der Waals surface area contributed by atoms with Crippen molar-refractivity contribution in [3.63, 3.8) is 0 Å². The van der Waals surface area contributed by atoms with Gasteiger partial charge in [-0.1, -0.05) is 24.3 Å². The monoisotopic (exact) mass is 503 g/mol. The van der Waals surface area contributed by atoms with Gasteiger partial charge in [-0.2, -0.15) is 0 Å². The summed E-state index contributed by atoms with van der Waals surface area (Å²) in [4.78, 5) is 28.3. The fourth-order valence-electron chi connectivity index (χ4n) is 5.34. The Labute approximate surface area is 213 Å². The summed E-state index contributed by atoms with van der Waals surface area (Å²) in [5.41, 5.74) is 3.05. The average molecular weight is 504 g/mol. The van der Waals surface area contributed by atoms with Crippen LogP contribution in [0.3, 0.4) is 0 Å². The molecule has 9 nitrogen and oxygen atoms in total. The van der Waals surface area contributed by atoms with Gasteiger partial charge in [0.2, 0.25) is 12.5 Å². The molecule has 0 fully saturated rings. The quantitative estimate of drug-likeness (QED) is 0.377. The number of fused-ring (bicyclic) bond motifs is 3. The summed E-state index contributed by atoms with van der Waals surface area (Å²) < 4.78 is 34.3. The number of rotatable bonds is 5. The topological polar surface area (TPSA) is 92.8 Å². The molecule has 0 aliphatic carbocycles. The van der Waals surface area contributed by atoms with Gasteiger partial charge in [0.25, 0.3) is 0 Å². The third kappa shape index (κ3) is 3.65. The normalized spacial score (nSPS) is 19.6. The summed E-state index contributed by atoms with van der Waals surface area (Å²) >= 11 is 0. The first-order valence-corrected chi connectivity index (χ1v) is 11.9. The summed E-state index contributed by atoms with van der Waals surface area (Å²) in [6.07, 6.45) is 0.0895. The van der Waals surface area contributed by atoms with E-state index in [0.29, 0.717) is 28.4 Å². The summed E-state index contributed by atoms with van der Waals surface area (Å²) in [5, 5.41) is 0. The van der Waals surface area contributed by atoms with Gasteiger partial charge in [0.1, 0.15) is 11.7 Å². The Bertz CT molecular complexity index is 1400. The van der Waals surface area contributed by atoms with Crippen molar-refractivity contribution < 1.29 is 38.0 Å². The SMILES string of the molecule is COc1ccc2c(c1OC(=O)c1ccccc1)C(=O)O[C@@H]2[C@H]1c2c(cc3c(c2OC)OCO3)CCN1C. The molecule has 2 atom stereocenters. The zero-order valence-corrected chi connectivity index (χ0v) is 20.6. The standard InChI is InChI=1S/C28H25NO8/c1-29-12-11-16-13-19-25(35-14-34-19)26(33-3)20(16)22(29)23-17-9-10-18(32-2)24(21(17)28(31)36-23)37-27(30)15-7-5-4-6-8-15/h4-10,13,22-23H,11-12,14H2,1-3H3/t22-,23+/m1/s1. The van der Waals surface area contributed by atoms with Gasteiger partial charge in [-0.25, -0.2) is 9.59 Å². The lowest BCUT2D eigenvalue weighted by atomic mass is 9.85. The van der Waals surface area contributed by atoms with E-state index in [4.69, 9.17) is 28.4 Å². The molecule has 0 unspecified atom stereocenters. The van der Waals surface area contributed by atoms with Gasteiger partial charge < -0.3 is 28.4 Å². The number of nitrogens with zero attached hydrogens (tertiary/aromatic N) is 1. The number of cyclic esters (lactones) is 1. The van der Waals surface area contributed by atoms with E-state index in [9.17, 15) is 9.59 Å². The Morgan fingerprint density at radius 2 is 1.84 bits per heavy atom. The summed E-state index contributed by atoms with van der Waals surface area (Å²) in [7, 11) is 5.02. The molecule has 0 radical (unpaired) electrons. The largest absolute Gasteiger partial charge is 0.493 e. The van der Waals surface area contributed by atoms with Crippen molar-refractivity contribution in [3.05, 3.63) is 76.3 Å². The number of carbonyl (C=O) groups is 2. The molecule has 37 heavy (non-hydrogen) atoms. The minimum atomic E-state index is -0.680. The van der Waals surface area contributed by atoms with Gasteiger partial charge in [0, 0.05) is 17.7 Å². The molecule has 0 N–H and O–H groups in total. The Morgan fingerprint density at radius 1 is 1.03 bits per heavy atom. The van der Waals surface area contributed by atoms with E-state index in [1.54, 1.807) is 49.6 Å². The Balaban J connectivity index is 1.46. The molecule has 3 aromatic carbocycles. The number of hydrogen-bond donors (Lipinski definition) is 0. The van der Waals surface area contributed by atoms with E-state index in [-0.39, 0.29) is 29.9 Å². The van der Waals surface area contributed by atoms with Crippen LogP contribution >= 0.6 is 0 Å². The van der Waals surface area contributed by atoms with Crippen molar-refractivity contribution in [2.24, 2.45) is 0 Å². The number of benzene rings is 3. The first kappa shape index (κ1) is 23.2. The van der Waals surface area contributed by atoms with Crippen LogP contribution < -0.4 is 23.7 Å². The predicted molar refractivity (Wildman–Crippen MR) is 131 cm³/mol. The molecule has 6 rings (SSSR count). The summed E-state index contributed by atoms with van der Waals surface area (Å²) in [5.74, 6) is 0.862. The molecule has 3 aromatic rings. The van der Waals surface area contributed by atoms with E-state index in [1.165, 1.54) is 7.11 Å². The number of hydrogen-bond acceptors (Lipinski definition) is 9. The zero-order valence-electron chi connectivity index (χ0n) is 20.6. The molecule has 0 aromatic heterocycles. The lowest BCUT2D eigenvalue weighted by Crippen LogP contribution is -2.36. The Kier molecular flexibility index (Phi) is 5.64. The predicted octanol–water partition coefficient (Wildman–Crippen LogP) is 4.09. The molecule has 0 bridgehead atoms. The number of esters is 2. The van der Waals surface area contributed by atoms with Crippen LogP contribution in [0.1, 0.15) is 49.6 Å². The van der Waals surface area contributed by atoms with Gasteiger partial charge in [0.15, 0.2) is 23.0 Å². The summed E-state index contributed by atoms with van der Waals surface area (Å²) in [6, 6.07) is 13.6. The highest BCUT2D eigenvalue weighted by Gasteiger charge is 2.46. The summed E-state index contributed by atoms with van der Waals surface area (Å²) in [6.45, 7) is 0.849. The van der Waals surface area contributed by atoms with Crippen LogP contribution in [0.4, 0.5) is 0 Å². The van der Waals surface area contributed by atoms with Crippen LogP contribution in [0.2, 0.25) is 0 Å². The number of carbonyl (C=O) groups excluding carboxylic acids is 2. The molecule has 0 spiro atoms. The highest BCUT2D eigenvalue weighted by molar-refractivity contribution is 6.00. The van der Waals surface area contributed by atoms with Crippen LogP contribution in [-0.4, -0.2) is 51.4 Å². The molecule has 9 heteroatoms. The fraction of sp³-hybridized carbons (Fsp3) is 0.286. The molecule has 0 saturated carbocycles. The van der Waals surface area contributed by atoms with Crippen molar-refractivity contribution in [2.45, 2.75) is 18.6 Å². The lowest BCUT2D eigenvalue weighted by molar-refractivity contribution is 0.00875. The Hall–Kier alpha value is -4.24. The van der Waals surface area contributed by atoms with Crippen LogP contribution in [0, 0.1) is 0 Å². The molecule has 3 aliphatic heterocycles. The van der Waals surface area contributed by atoms with E-state index < -0.39 is 18.0 Å². The third-order valence-corrected chi connectivity index (χ3v) is 7.06. The molecular formula is C28H25NO8. The van der Waals surface area contributed by atoms with Gasteiger partial charge in [-0.15, -0.1) is 0 Å². The lowest BCUT2D eigenvalue weighted by Gasteiger charge is -2.38. The van der Waals surface area contributed by atoms with Crippen LogP contribution in [-0.2, 0) is 11.2 Å². The van der Waals surface area contributed by atoms with Gasteiger partial charge in [-0.05, 0) is 43.3 Å². The van der Waals surface area contributed by atoms with Gasteiger partial charge in [0.05, 0.1) is 25.8 Å². The van der Waals surface area contributed by atoms with Gasteiger partial charge >= 0.3 is 11.9 Å². The van der Waals surface area contributed by atoms with Crippen molar-refractivity contribution in [3.8, 4) is 28.7 Å². The maximum absolute atomic E-state index is 13.3. The second-order valence-corrected chi connectivity index (χ2v) is 9.03. The highest BCUT2D eigenvalue weighted by Crippen LogP contribution is 2.55. The van der Waals surface area contributed by atoms with E-state index >= 15 is 0 Å². The van der Waals surface area contributed by atoms with E-state index in [1.807, 2.05) is 13.1 Å². The third-order valence-electron chi connectivity index (χ3n) is 7.06. The van der Waals surface area contributed by atoms with E-state index in [2.05, 4.69) is 4.90 Å². The molecule has 3 heterocycles. The molecule has 190 valence electrons. The second kappa shape index (κ2) is 9.01. The van der Waals surface area contributed by atoms with Gasteiger partial charge in [-0.3, -0.25) is 4.90 Å². The molecule has 0 saturated heterocycles. The number of methoxy groups -OCH3 is 2. The second-order valence-electron chi connectivity index (χ2n) is 9.03. The number of ether oxygens (including phenoxy) is 6. The fourth-order valence-corrected chi connectivity index (χ4v) is 5.34.